The van der Waals surface area contributed by atoms with E-state index in [-0.39, 0.29) is 5.02 Å². The van der Waals surface area contributed by atoms with Gasteiger partial charge >= 0.3 is 0 Å². The molecule has 4 aromatic rings. The Bertz CT molecular complexity index is 975. The second-order valence-corrected chi connectivity index (χ2v) is 5.28. The largest absolute Gasteiger partial charge is 0.358 e. The van der Waals surface area contributed by atoms with Crippen molar-refractivity contribution in [2.24, 2.45) is 0 Å². The number of fused-ring (bicyclic) bond motifs is 2. The zero-order valence-corrected chi connectivity index (χ0v) is 11.7. The topological polar surface area (TPSA) is 28.7 Å². The monoisotopic (exact) mass is 296 g/mol. The molecule has 0 atom stereocenters. The lowest BCUT2D eigenvalue weighted by molar-refractivity contribution is 0.638. The average Bonchev–Trinajstić information content (AvgIpc) is 2.95. The summed E-state index contributed by atoms with van der Waals surface area (Å²) in [5.41, 5.74) is 3.00. The van der Waals surface area contributed by atoms with Crippen LogP contribution in [0.3, 0.4) is 0 Å². The van der Waals surface area contributed by atoms with Gasteiger partial charge in [0.2, 0.25) is 0 Å². The fourth-order valence-corrected chi connectivity index (χ4v) is 2.72. The van der Waals surface area contributed by atoms with E-state index in [1.807, 2.05) is 42.5 Å². The molecule has 0 radical (unpaired) electrons. The van der Waals surface area contributed by atoms with E-state index in [1.165, 1.54) is 0 Å². The molecule has 1 N–H and O–H groups in total. The van der Waals surface area contributed by atoms with Crippen LogP contribution < -0.4 is 0 Å². The lowest BCUT2D eigenvalue weighted by Gasteiger charge is -2.02. The normalized spacial score (nSPS) is 11.3. The van der Waals surface area contributed by atoms with E-state index in [9.17, 15) is 4.39 Å². The van der Waals surface area contributed by atoms with Crippen molar-refractivity contribution in [3.63, 3.8) is 0 Å². The van der Waals surface area contributed by atoms with Gasteiger partial charge in [0.1, 0.15) is 0 Å². The van der Waals surface area contributed by atoms with Crippen LogP contribution >= 0.6 is 11.6 Å². The van der Waals surface area contributed by atoms with Crippen LogP contribution in [-0.4, -0.2) is 9.97 Å². The molecular formula is C17H10ClFN2. The molecule has 0 amide bonds. The summed E-state index contributed by atoms with van der Waals surface area (Å²) in [7, 11) is 0. The molecule has 2 heterocycles. The van der Waals surface area contributed by atoms with Crippen molar-refractivity contribution >= 4 is 33.4 Å². The fourth-order valence-electron chi connectivity index (χ4n) is 2.57. The molecule has 21 heavy (non-hydrogen) atoms. The molecule has 4 heteroatoms. The van der Waals surface area contributed by atoms with Gasteiger partial charge in [0, 0.05) is 22.5 Å². The highest BCUT2D eigenvalue weighted by Crippen LogP contribution is 2.32. The first kappa shape index (κ1) is 12.4. The summed E-state index contributed by atoms with van der Waals surface area (Å²) in [5.74, 6) is -0.429. The van der Waals surface area contributed by atoms with Gasteiger partial charge in [-0.05, 0) is 18.2 Å². The van der Waals surface area contributed by atoms with Gasteiger partial charge in [-0.1, -0.05) is 41.9 Å². The first-order valence-electron chi connectivity index (χ1n) is 6.55. The van der Waals surface area contributed by atoms with E-state index in [2.05, 4.69) is 9.97 Å². The third-order valence-corrected chi connectivity index (χ3v) is 3.91. The lowest BCUT2D eigenvalue weighted by atomic mass is 10.1. The molecule has 4 rings (SSSR count). The quantitative estimate of drug-likeness (QED) is 0.515. The molecule has 0 saturated carbocycles. The van der Waals surface area contributed by atoms with Gasteiger partial charge in [-0.2, -0.15) is 0 Å². The highest BCUT2D eigenvalue weighted by atomic mass is 35.5. The zero-order chi connectivity index (χ0) is 14.4. The molecule has 0 spiro atoms. The van der Waals surface area contributed by atoms with Crippen molar-refractivity contribution in [3.05, 3.63) is 65.6 Å². The molecule has 0 aliphatic heterocycles. The Hall–Kier alpha value is -2.39. The van der Waals surface area contributed by atoms with Gasteiger partial charge in [-0.3, -0.25) is 0 Å². The molecule has 2 aromatic heterocycles. The Morgan fingerprint density at radius 1 is 1.00 bits per heavy atom. The fraction of sp³-hybridized carbons (Fsp3) is 0. The van der Waals surface area contributed by atoms with Gasteiger partial charge in [-0.25, -0.2) is 9.37 Å². The molecule has 0 aliphatic carbocycles. The Balaban J connectivity index is 1.98. The van der Waals surface area contributed by atoms with Crippen LogP contribution in [0.15, 0.2) is 54.7 Å². The number of nitrogens with one attached hydrogen (secondary N) is 1. The summed E-state index contributed by atoms with van der Waals surface area (Å²) in [6.07, 6.45) is 1.77. The molecular weight excluding hydrogens is 287 g/mol. The summed E-state index contributed by atoms with van der Waals surface area (Å²) >= 11 is 5.81. The molecule has 0 saturated heterocycles. The van der Waals surface area contributed by atoms with Crippen molar-refractivity contribution in [1.29, 1.82) is 0 Å². The summed E-state index contributed by atoms with van der Waals surface area (Å²) in [5, 5.41) is 1.97. The Morgan fingerprint density at radius 2 is 1.86 bits per heavy atom. The van der Waals surface area contributed by atoms with Gasteiger partial charge in [0.05, 0.1) is 21.7 Å². The second-order valence-electron chi connectivity index (χ2n) is 4.88. The SMILES string of the molecule is Fc1c(Cl)ccc2c(-c3ccc4ccccc4n3)c[nH]c12. The lowest BCUT2D eigenvalue weighted by Crippen LogP contribution is -1.84. The Morgan fingerprint density at radius 3 is 2.76 bits per heavy atom. The van der Waals surface area contributed by atoms with Crippen LogP contribution in [0.2, 0.25) is 5.02 Å². The van der Waals surface area contributed by atoms with Crippen LogP contribution in [0.25, 0.3) is 33.1 Å². The molecule has 0 fully saturated rings. The summed E-state index contributed by atoms with van der Waals surface area (Å²) < 4.78 is 14.0. The van der Waals surface area contributed by atoms with Crippen molar-refractivity contribution in [1.82, 2.24) is 9.97 Å². The minimum atomic E-state index is -0.429. The number of hydrogen-bond acceptors (Lipinski definition) is 1. The van der Waals surface area contributed by atoms with Crippen molar-refractivity contribution in [2.75, 3.05) is 0 Å². The minimum Gasteiger partial charge on any atom is -0.358 e. The Labute approximate surface area is 125 Å². The maximum absolute atomic E-state index is 14.0. The predicted molar refractivity (Wildman–Crippen MR) is 84.0 cm³/mol. The first-order chi connectivity index (χ1) is 10.2. The molecule has 2 aromatic carbocycles. The van der Waals surface area contributed by atoms with Crippen LogP contribution in [0.4, 0.5) is 4.39 Å². The number of nitrogens with zero attached hydrogens (tertiary/aromatic N) is 1. The molecule has 0 aliphatic rings. The van der Waals surface area contributed by atoms with E-state index in [0.717, 1.165) is 27.5 Å². The van der Waals surface area contributed by atoms with Crippen LogP contribution in [-0.2, 0) is 0 Å². The summed E-state index contributed by atoms with van der Waals surface area (Å²) in [6.45, 7) is 0. The van der Waals surface area contributed by atoms with E-state index in [4.69, 9.17) is 11.6 Å². The number of hydrogen-bond donors (Lipinski definition) is 1. The average molecular weight is 297 g/mol. The predicted octanol–water partition coefficient (Wildman–Crippen LogP) is 5.18. The molecule has 0 bridgehead atoms. The van der Waals surface area contributed by atoms with Gasteiger partial charge in [0.15, 0.2) is 5.82 Å². The number of benzene rings is 2. The van der Waals surface area contributed by atoms with Gasteiger partial charge < -0.3 is 4.98 Å². The summed E-state index contributed by atoms with van der Waals surface area (Å²) in [4.78, 5) is 7.59. The maximum atomic E-state index is 14.0. The van der Waals surface area contributed by atoms with Gasteiger partial charge in [0.25, 0.3) is 0 Å². The highest BCUT2D eigenvalue weighted by Gasteiger charge is 2.13. The van der Waals surface area contributed by atoms with E-state index in [1.54, 1.807) is 12.3 Å². The highest BCUT2D eigenvalue weighted by molar-refractivity contribution is 6.31. The van der Waals surface area contributed by atoms with E-state index in [0.29, 0.717) is 5.52 Å². The number of pyridine rings is 1. The van der Waals surface area contributed by atoms with Crippen LogP contribution in [0.1, 0.15) is 0 Å². The van der Waals surface area contributed by atoms with E-state index < -0.39 is 5.82 Å². The Kier molecular flexibility index (Phi) is 2.69. The van der Waals surface area contributed by atoms with Crippen molar-refractivity contribution in [2.45, 2.75) is 0 Å². The number of rotatable bonds is 1. The van der Waals surface area contributed by atoms with Crippen molar-refractivity contribution in [3.8, 4) is 11.3 Å². The molecule has 102 valence electrons. The number of aromatic nitrogens is 2. The van der Waals surface area contributed by atoms with Crippen molar-refractivity contribution < 1.29 is 4.39 Å². The molecule has 0 unspecified atom stereocenters. The smallest absolute Gasteiger partial charge is 0.165 e. The standard InChI is InChI=1S/C17H10ClFN2/c18-13-7-6-11-12(9-20-17(11)16(13)19)15-8-5-10-3-1-2-4-14(10)21-15/h1-9,20H. The number of halogens is 2. The third kappa shape index (κ3) is 1.89. The number of aromatic amines is 1. The number of para-hydroxylation sites is 1. The molecule has 2 nitrogen and oxygen atoms in total. The van der Waals surface area contributed by atoms with Crippen LogP contribution in [0, 0.1) is 5.82 Å². The van der Waals surface area contributed by atoms with Crippen LogP contribution in [0.5, 0.6) is 0 Å². The first-order valence-corrected chi connectivity index (χ1v) is 6.93. The van der Waals surface area contributed by atoms with Gasteiger partial charge in [-0.15, -0.1) is 0 Å². The minimum absolute atomic E-state index is 0.113. The maximum Gasteiger partial charge on any atom is 0.165 e. The zero-order valence-electron chi connectivity index (χ0n) is 10.9. The second kappa shape index (κ2) is 4.57. The van der Waals surface area contributed by atoms with E-state index >= 15 is 0 Å². The third-order valence-electron chi connectivity index (χ3n) is 3.62. The summed E-state index contributed by atoms with van der Waals surface area (Å²) in [6, 6.07) is 15.2. The number of H-pyrrole nitrogens is 1.